The summed E-state index contributed by atoms with van der Waals surface area (Å²) in [4.78, 5) is 15.1. The molecule has 0 bridgehead atoms. The van der Waals surface area contributed by atoms with Gasteiger partial charge in [-0.1, -0.05) is 155 Å². The fraction of sp³-hybridized carbons (Fsp3) is 0.114. The van der Waals surface area contributed by atoms with Gasteiger partial charge in [-0.15, -0.1) is 0 Å². The Morgan fingerprint density at radius 2 is 0.596 bits per heavy atom. The van der Waals surface area contributed by atoms with Crippen molar-refractivity contribution in [1.29, 1.82) is 0 Å². The fourth-order valence-corrected chi connectivity index (χ4v) is 6.33. The van der Waals surface area contributed by atoms with Gasteiger partial charge in [-0.05, 0) is 74.1 Å². The van der Waals surface area contributed by atoms with Crippen LogP contribution in [0.25, 0.3) is 67.5 Å². The summed E-state index contributed by atoms with van der Waals surface area (Å²) in [5.41, 5.74) is 16.2. The summed E-state index contributed by atoms with van der Waals surface area (Å²) in [6.07, 6.45) is 0. The second-order valence-electron chi connectivity index (χ2n) is 12.7. The number of aryl methyl sites for hydroxylation is 5. The lowest BCUT2D eigenvalue weighted by Crippen LogP contribution is -2.00. The molecule has 0 aliphatic heterocycles. The van der Waals surface area contributed by atoms with Crippen LogP contribution in [0, 0.1) is 34.6 Å². The largest absolute Gasteiger partial charge is 0.208 e. The van der Waals surface area contributed by atoms with Crippen LogP contribution in [0.2, 0.25) is 0 Å². The molecule has 7 rings (SSSR count). The molecule has 0 radical (unpaired) electrons. The van der Waals surface area contributed by atoms with Crippen molar-refractivity contribution < 1.29 is 0 Å². The number of aromatic nitrogens is 3. The molecule has 0 N–H and O–H groups in total. The van der Waals surface area contributed by atoms with Gasteiger partial charge in [0, 0.05) is 16.7 Å². The summed E-state index contributed by atoms with van der Waals surface area (Å²) >= 11 is 0. The maximum Gasteiger partial charge on any atom is 0.164 e. The van der Waals surface area contributed by atoms with E-state index in [1.807, 2.05) is 0 Å². The third-order valence-corrected chi connectivity index (χ3v) is 8.50. The number of nitrogens with zero attached hydrogens (tertiary/aromatic N) is 3. The maximum atomic E-state index is 5.04. The van der Waals surface area contributed by atoms with Gasteiger partial charge >= 0.3 is 0 Å². The Balaban J connectivity index is 1.31. The number of benzene rings is 6. The van der Waals surface area contributed by atoms with Crippen LogP contribution in [0.5, 0.6) is 0 Å². The minimum Gasteiger partial charge on any atom is -0.208 e. The lowest BCUT2D eigenvalue weighted by molar-refractivity contribution is 1.07. The normalized spacial score (nSPS) is 11.1. The summed E-state index contributed by atoms with van der Waals surface area (Å²) in [7, 11) is 0. The van der Waals surface area contributed by atoms with Crippen LogP contribution in [0.3, 0.4) is 0 Å². The summed E-state index contributed by atoms with van der Waals surface area (Å²) in [5, 5.41) is 0. The summed E-state index contributed by atoms with van der Waals surface area (Å²) in [5.74, 6) is 1.95. The van der Waals surface area contributed by atoms with E-state index in [1.165, 1.54) is 55.6 Å². The first-order valence-electron chi connectivity index (χ1n) is 16.1. The maximum absolute atomic E-state index is 5.04. The van der Waals surface area contributed by atoms with Gasteiger partial charge in [0.05, 0.1) is 0 Å². The standard InChI is InChI=1S/C44H37N3/c1-28-8-6-9-37(22-28)38-10-7-11-39(27-38)44-46-42(35-16-12-33(13-17-35)40-23-29(2)20-30(3)24-40)45-43(47-44)36-18-14-34(15-19-36)41-25-31(4)21-32(5)26-41/h6-27H,1-5H3. The lowest BCUT2D eigenvalue weighted by Gasteiger charge is -2.11. The molecule has 1 heterocycles. The number of hydrogen-bond donors (Lipinski definition) is 0. The monoisotopic (exact) mass is 607 g/mol. The quantitative estimate of drug-likeness (QED) is 0.189. The van der Waals surface area contributed by atoms with Crippen LogP contribution in [-0.4, -0.2) is 15.0 Å². The highest BCUT2D eigenvalue weighted by Crippen LogP contribution is 2.31. The second kappa shape index (κ2) is 12.6. The smallest absolute Gasteiger partial charge is 0.164 e. The van der Waals surface area contributed by atoms with E-state index in [2.05, 4.69) is 168 Å². The summed E-state index contributed by atoms with van der Waals surface area (Å²) < 4.78 is 0. The van der Waals surface area contributed by atoms with Crippen LogP contribution in [0.15, 0.2) is 133 Å². The number of rotatable bonds is 6. The fourth-order valence-electron chi connectivity index (χ4n) is 6.33. The molecule has 0 saturated heterocycles. The first kappa shape index (κ1) is 30.0. The van der Waals surface area contributed by atoms with Crippen LogP contribution < -0.4 is 0 Å². The molecular weight excluding hydrogens is 571 g/mol. The van der Waals surface area contributed by atoms with Gasteiger partial charge in [-0.25, -0.2) is 15.0 Å². The highest BCUT2D eigenvalue weighted by molar-refractivity contribution is 5.75. The van der Waals surface area contributed by atoms with E-state index in [0.717, 1.165) is 22.3 Å². The second-order valence-corrected chi connectivity index (χ2v) is 12.7. The van der Waals surface area contributed by atoms with Crippen LogP contribution in [-0.2, 0) is 0 Å². The third-order valence-electron chi connectivity index (χ3n) is 8.50. The zero-order chi connectivity index (χ0) is 32.5. The van der Waals surface area contributed by atoms with Crippen molar-refractivity contribution in [2.75, 3.05) is 0 Å². The van der Waals surface area contributed by atoms with Crippen LogP contribution in [0.4, 0.5) is 0 Å². The van der Waals surface area contributed by atoms with Crippen molar-refractivity contribution >= 4 is 0 Å². The van der Waals surface area contributed by atoms with E-state index in [-0.39, 0.29) is 0 Å². The predicted molar refractivity (Wildman–Crippen MR) is 196 cm³/mol. The Morgan fingerprint density at radius 1 is 0.255 bits per heavy atom. The average molecular weight is 608 g/mol. The Hall–Kier alpha value is -5.67. The van der Waals surface area contributed by atoms with Gasteiger partial charge in [0.1, 0.15) is 0 Å². The Morgan fingerprint density at radius 3 is 1.04 bits per heavy atom. The Labute approximate surface area is 277 Å². The SMILES string of the molecule is Cc1cccc(-c2cccc(-c3nc(-c4ccc(-c5cc(C)cc(C)c5)cc4)nc(-c4ccc(-c5cc(C)cc(C)c5)cc4)n3)c2)c1. The van der Waals surface area contributed by atoms with E-state index in [4.69, 9.17) is 15.0 Å². The summed E-state index contributed by atoms with van der Waals surface area (Å²) in [6.45, 7) is 10.7. The molecule has 1 aromatic heterocycles. The molecule has 0 spiro atoms. The first-order chi connectivity index (χ1) is 22.8. The van der Waals surface area contributed by atoms with E-state index >= 15 is 0 Å². The molecule has 0 saturated carbocycles. The molecule has 0 amide bonds. The molecule has 0 aliphatic rings. The molecule has 0 fully saturated rings. The summed E-state index contributed by atoms with van der Waals surface area (Å²) in [6, 6.07) is 47.4. The van der Waals surface area contributed by atoms with Gasteiger partial charge in [-0.3, -0.25) is 0 Å². The zero-order valence-electron chi connectivity index (χ0n) is 27.5. The van der Waals surface area contributed by atoms with Gasteiger partial charge in [-0.2, -0.15) is 0 Å². The predicted octanol–water partition coefficient (Wildman–Crippen LogP) is 11.4. The first-order valence-corrected chi connectivity index (χ1v) is 16.1. The molecule has 3 nitrogen and oxygen atoms in total. The molecule has 6 aromatic carbocycles. The third kappa shape index (κ3) is 6.66. The highest BCUT2D eigenvalue weighted by atomic mass is 15.0. The van der Waals surface area contributed by atoms with Gasteiger partial charge in [0.25, 0.3) is 0 Å². The van der Waals surface area contributed by atoms with E-state index in [9.17, 15) is 0 Å². The van der Waals surface area contributed by atoms with Gasteiger partial charge in [0.2, 0.25) is 0 Å². The van der Waals surface area contributed by atoms with Crippen molar-refractivity contribution in [2.24, 2.45) is 0 Å². The van der Waals surface area contributed by atoms with E-state index < -0.39 is 0 Å². The van der Waals surface area contributed by atoms with Crippen molar-refractivity contribution in [3.63, 3.8) is 0 Å². The molecule has 0 aliphatic carbocycles. The molecular formula is C44H37N3. The minimum atomic E-state index is 0.649. The van der Waals surface area contributed by atoms with Crippen molar-refractivity contribution in [3.8, 4) is 67.5 Å². The topological polar surface area (TPSA) is 38.7 Å². The van der Waals surface area contributed by atoms with Crippen LogP contribution in [0.1, 0.15) is 27.8 Å². The molecule has 7 aromatic rings. The molecule has 3 heteroatoms. The Kier molecular flexibility index (Phi) is 8.05. The Bertz CT molecular complexity index is 2070. The average Bonchev–Trinajstić information content (AvgIpc) is 3.07. The molecule has 0 unspecified atom stereocenters. The minimum absolute atomic E-state index is 0.649. The molecule has 47 heavy (non-hydrogen) atoms. The van der Waals surface area contributed by atoms with Crippen molar-refractivity contribution in [2.45, 2.75) is 34.6 Å². The lowest BCUT2D eigenvalue weighted by atomic mass is 9.99. The van der Waals surface area contributed by atoms with E-state index in [1.54, 1.807) is 0 Å². The highest BCUT2D eigenvalue weighted by Gasteiger charge is 2.14. The van der Waals surface area contributed by atoms with Gasteiger partial charge in [0.15, 0.2) is 17.5 Å². The van der Waals surface area contributed by atoms with E-state index in [0.29, 0.717) is 17.5 Å². The van der Waals surface area contributed by atoms with Gasteiger partial charge < -0.3 is 0 Å². The number of hydrogen-bond acceptors (Lipinski definition) is 3. The van der Waals surface area contributed by atoms with Crippen molar-refractivity contribution in [3.05, 3.63) is 161 Å². The van der Waals surface area contributed by atoms with Crippen molar-refractivity contribution in [1.82, 2.24) is 15.0 Å². The zero-order valence-corrected chi connectivity index (χ0v) is 27.5. The molecule has 228 valence electrons. The molecule has 0 atom stereocenters. The van der Waals surface area contributed by atoms with Crippen LogP contribution >= 0.6 is 0 Å².